The predicted molar refractivity (Wildman–Crippen MR) is 56.4 cm³/mol. The van der Waals surface area contributed by atoms with Crippen molar-refractivity contribution in [1.82, 2.24) is 9.97 Å². The largest absolute Gasteiger partial charge is 0.319 e. The normalized spacial score (nSPS) is 9.81. The number of rotatable bonds is 2. The number of para-hydroxylation sites is 1. The van der Waals surface area contributed by atoms with Crippen LogP contribution in [0.2, 0.25) is 0 Å². The number of hydrogen-bond donors (Lipinski definition) is 1. The molecule has 0 saturated carbocycles. The Kier molecular flexibility index (Phi) is 2.86. The first-order valence-corrected chi connectivity index (χ1v) is 4.58. The van der Waals surface area contributed by atoms with Gasteiger partial charge >= 0.3 is 0 Å². The minimum absolute atomic E-state index is 0.136. The summed E-state index contributed by atoms with van der Waals surface area (Å²) >= 11 is 0. The highest BCUT2D eigenvalue weighted by Crippen LogP contribution is 2.13. The number of nitrogens with zero attached hydrogens (tertiary/aromatic N) is 2. The molecular weight excluding hydrogens is 209 g/mol. The molecule has 1 aromatic carbocycles. The van der Waals surface area contributed by atoms with Gasteiger partial charge in [0, 0.05) is 12.4 Å². The third-order valence-electron chi connectivity index (χ3n) is 1.94. The van der Waals surface area contributed by atoms with E-state index in [1.165, 1.54) is 30.9 Å². The van der Waals surface area contributed by atoms with Crippen molar-refractivity contribution in [2.45, 2.75) is 0 Å². The van der Waals surface area contributed by atoms with E-state index in [1.54, 1.807) is 12.1 Å². The van der Waals surface area contributed by atoms with E-state index in [1.807, 2.05) is 0 Å². The quantitative estimate of drug-likeness (QED) is 0.835. The number of hydrogen-bond acceptors (Lipinski definition) is 3. The summed E-state index contributed by atoms with van der Waals surface area (Å²) in [5.41, 5.74) is 0.419. The van der Waals surface area contributed by atoms with Gasteiger partial charge in [0.1, 0.15) is 12.1 Å². The highest BCUT2D eigenvalue weighted by atomic mass is 19.1. The standard InChI is InChI=1S/C11H8FN3O/c12-9-3-1-2-4-10(9)15-11(16)8-5-13-7-14-6-8/h1-7H,(H,15,16). The van der Waals surface area contributed by atoms with E-state index >= 15 is 0 Å². The molecule has 80 valence electrons. The third-order valence-corrected chi connectivity index (χ3v) is 1.94. The van der Waals surface area contributed by atoms with Gasteiger partial charge in [-0.2, -0.15) is 0 Å². The molecule has 0 aliphatic rings. The molecule has 0 radical (unpaired) electrons. The second-order valence-corrected chi connectivity index (χ2v) is 3.06. The Bertz CT molecular complexity index is 502. The lowest BCUT2D eigenvalue weighted by molar-refractivity contribution is 0.102. The lowest BCUT2D eigenvalue weighted by Gasteiger charge is -2.04. The molecule has 1 heterocycles. The van der Waals surface area contributed by atoms with Crippen molar-refractivity contribution < 1.29 is 9.18 Å². The number of carbonyl (C=O) groups excluding carboxylic acids is 1. The lowest BCUT2D eigenvalue weighted by atomic mass is 10.2. The molecule has 0 fully saturated rings. The Balaban J connectivity index is 2.18. The molecule has 0 saturated heterocycles. The summed E-state index contributed by atoms with van der Waals surface area (Å²) < 4.78 is 13.2. The monoisotopic (exact) mass is 217 g/mol. The van der Waals surface area contributed by atoms with Crippen LogP contribution in [0.5, 0.6) is 0 Å². The van der Waals surface area contributed by atoms with Crippen LogP contribution >= 0.6 is 0 Å². The van der Waals surface area contributed by atoms with Crippen molar-refractivity contribution in [2.75, 3.05) is 5.32 Å². The average Bonchev–Trinajstić information content (AvgIpc) is 2.33. The molecule has 0 atom stereocenters. The van der Waals surface area contributed by atoms with E-state index in [9.17, 15) is 9.18 Å². The predicted octanol–water partition coefficient (Wildman–Crippen LogP) is 1.87. The fraction of sp³-hybridized carbons (Fsp3) is 0. The first-order chi connectivity index (χ1) is 7.77. The zero-order chi connectivity index (χ0) is 11.4. The fourth-order valence-corrected chi connectivity index (χ4v) is 1.17. The topological polar surface area (TPSA) is 54.9 Å². The number of carbonyl (C=O) groups is 1. The van der Waals surface area contributed by atoms with Crippen molar-refractivity contribution in [3.63, 3.8) is 0 Å². The van der Waals surface area contributed by atoms with Crippen molar-refractivity contribution in [3.05, 3.63) is 54.4 Å². The van der Waals surface area contributed by atoms with E-state index in [0.717, 1.165) is 0 Å². The number of benzene rings is 1. The molecule has 16 heavy (non-hydrogen) atoms. The summed E-state index contributed by atoms with van der Waals surface area (Å²) in [5.74, 6) is -0.918. The zero-order valence-corrected chi connectivity index (χ0v) is 8.22. The second-order valence-electron chi connectivity index (χ2n) is 3.06. The Morgan fingerprint density at radius 2 is 1.88 bits per heavy atom. The summed E-state index contributed by atoms with van der Waals surface area (Å²) in [5, 5.41) is 2.43. The van der Waals surface area contributed by atoms with Gasteiger partial charge in [-0.15, -0.1) is 0 Å². The smallest absolute Gasteiger partial charge is 0.258 e. The Morgan fingerprint density at radius 3 is 2.56 bits per heavy atom. The lowest BCUT2D eigenvalue weighted by Crippen LogP contribution is -2.13. The number of aromatic nitrogens is 2. The van der Waals surface area contributed by atoms with Gasteiger partial charge in [-0.25, -0.2) is 14.4 Å². The third kappa shape index (κ3) is 2.20. The number of nitrogens with one attached hydrogen (secondary N) is 1. The summed E-state index contributed by atoms with van der Waals surface area (Å²) in [6.07, 6.45) is 4.05. The second kappa shape index (κ2) is 4.48. The van der Waals surface area contributed by atoms with Crippen LogP contribution in [0.15, 0.2) is 43.0 Å². The molecule has 4 nitrogen and oxygen atoms in total. The molecule has 5 heteroatoms. The molecule has 2 rings (SSSR count). The van der Waals surface area contributed by atoms with Crippen LogP contribution in [0.4, 0.5) is 10.1 Å². The van der Waals surface area contributed by atoms with Gasteiger partial charge in [0.2, 0.25) is 0 Å². The Labute approximate surface area is 91.2 Å². The minimum Gasteiger partial charge on any atom is -0.319 e. The fourth-order valence-electron chi connectivity index (χ4n) is 1.17. The molecule has 0 spiro atoms. The summed E-state index contributed by atoms with van der Waals surface area (Å²) in [6, 6.07) is 5.95. The first kappa shape index (κ1) is 10.2. The highest BCUT2D eigenvalue weighted by molar-refractivity contribution is 6.03. The van der Waals surface area contributed by atoms with Gasteiger partial charge in [0.15, 0.2) is 0 Å². The van der Waals surface area contributed by atoms with Crippen LogP contribution in [0, 0.1) is 5.82 Å². The zero-order valence-electron chi connectivity index (χ0n) is 8.22. The number of anilines is 1. The van der Waals surface area contributed by atoms with Crippen molar-refractivity contribution in [3.8, 4) is 0 Å². The van der Waals surface area contributed by atoms with Gasteiger partial charge in [-0.3, -0.25) is 4.79 Å². The molecule has 1 aromatic heterocycles. The Morgan fingerprint density at radius 1 is 1.19 bits per heavy atom. The van der Waals surface area contributed by atoms with Crippen LogP contribution in [0.25, 0.3) is 0 Å². The molecule has 2 aromatic rings. The molecule has 1 amide bonds. The van der Waals surface area contributed by atoms with E-state index < -0.39 is 11.7 Å². The maximum Gasteiger partial charge on any atom is 0.258 e. The van der Waals surface area contributed by atoms with Crippen LogP contribution in [0.1, 0.15) is 10.4 Å². The molecule has 1 N–H and O–H groups in total. The average molecular weight is 217 g/mol. The van der Waals surface area contributed by atoms with Crippen molar-refractivity contribution in [1.29, 1.82) is 0 Å². The van der Waals surface area contributed by atoms with Gasteiger partial charge in [-0.1, -0.05) is 12.1 Å². The molecule has 0 aliphatic carbocycles. The van der Waals surface area contributed by atoms with Crippen LogP contribution in [-0.2, 0) is 0 Å². The molecule has 0 aliphatic heterocycles. The van der Waals surface area contributed by atoms with Gasteiger partial charge in [0.25, 0.3) is 5.91 Å². The van der Waals surface area contributed by atoms with Crippen LogP contribution < -0.4 is 5.32 Å². The Hall–Kier alpha value is -2.30. The van der Waals surface area contributed by atoms with Gasteiger partial charge in [-0.05, 0) is 12.1 Å². The number of amides is 1. The maximum atomic E-state index is 13.2. The van der Waals surface area contributed by atoms with E-state index in [0.29, 0.717) is 0 Å². The summed E-state index contributed by atoms with van der Waals surface area (Å²) in [7, 11) is 0. The van der Waals surface area contributed by atoms with E-state index in [4.69, 9.17) is 0 Å². The number of halogens is 1. The van der Waals surface area contributed by atoms with Crippen LogP contribution in [0.3, 0.4) is 0 Å². The van der Waals surface area contributed by atoms with Crippen molar-refractivity contribution in [2.24, 2.45) is 0 Å². The molecular formula is C11H8FN3O. The first-order valence-electron chi connectivity index (χ1n) is 4.58. The van der Waals surface area contributed by atoms with E-state index in [2.05, 4.69) is 15.3 Å². The van der Waals surface area contributed by atoms with E-state index in [-0.39, 0.29) is 11.3 Å². The summed E-state index contributed by atoms with van der Waals surface area (Å²) in [6.45, 7) is 0. The highest BCUT2D eigenvalue weighted by Gasteiger charge is 2.08. The van der Waals surface area contributed by atoms with Crippen molar-refractivity contribution >= 4 is 11.6 Å². The molecule has 0 unspecified atom stereocenters. The summed E-state index contributed by atoms with van der Waals surface area (Å²) in [4.78, 5) is 19.0. The SMILES string of the molecule is O=C(Nc1ccccc1F)c1cncnc1. The molecule has 0 bridgehead atoms. The van der Waals surface area contributed by atoms with Gasteiger partial charge < -0.3 is 5.32 Å². The minimum atomic E-state index is -0.479. The van der Waals surface area contributed by atoms with Crippen LogP contribution in [-0.4, -0.2) is 15.9 Å². The van der Waals surface area contributed by atoms with Gasteiger partial charge in [0.05, 0.1) is 11.3 Å². The maximum absolute atomic E-state index is 13.2.